The van der Waals surface area contributed by atoms with E-state index < -0.39 is 0 Å². The van der Waals surface area contributed by atoms with Crippen LogP contribution in [-0.2, 0) is 14.3 Å². The molecular formula is C12H20N2O3. The molecule has 17 heavy (non-hydrogen) atoms. The standard InChI is InChI=1S/C12H20N2O3/c13-9-1-3-10(4-2-9)17-8-7-14-11(15)5-6-12(14)16/h9-10H,1-8,13H2. The van der Waals surface area contributed by atoms with Gasteiger partial charge in [-0.1, -0.05) is 0 Å². The van der Waals surface area contributed by atoms with Crippen molar-refractivity contribution in [2.24, 2.45) is 5.73 Å². The van der Waals surface area contributed by atoms with Crippen molar-refractivity contribution in [2.75, 3.05) is 13.2 Å². The third-order valence-corrected chi connectivity index (χ3v) is 3.54. The van der Waals surface area contributed by atoms with Crippen molar-refractivity contribution in [3.63, 3.8) is 0 Å². The van der Waals surface area contributed by atoms with E-state index in [0.29, 0.717) is 32.0 Å². The first-order chi connectivity index (χ1) is 8.16. The lowest BCUT2D eigenvalue weighted by atomic mass is 9.94. The molecule has 0 bridgehead atoms. The van der Waals surface area contributed by atoms with Crippen LogP contribution in [-0.4, -0.2) is 42.0 Å². The minimum absolute atomic E-state index is 0.0655. The number of hydrogen-bond acceptors (Lipinski definition) is 4. The van der Waals surface area contributed by atoms with Crippen LogP contribution in [0.15, 0.2) is 0 Å². The van der Waals surface area contributed by atoms with Crippen LogP contribution in [0.3, 0.4) is 0 Å². The molecule has 1 saturated carbocycles. The van der Waals surface area contributed by atoms with Crippen LogP contribution in [0.2, 0.25) is 0 Å². The fourth-order valence-electron chi connectivity index (χ4n) is 2.44. The Balaban J connectivity index is 1.66. The van der Waals surface area contributed by atoms with Gasteiger partial charge in [-0.2, -0.15) is 0 Å². The summed E-state index contributed by atoms with van der Waals surface area (Å²) < 4.78 is 5.69. The Morgan fingerprint density at radius 1 is 1.12 bits per heavy atom. The van der Waals surface area contributed by atoms with Gasteiger partial charge in [0.15, 0.2) is 0 Å². The molecule has 0 aromatic rings. The molecular weight excluding hydrogens is 220 g/mol. The maximum absolute atomic E-state index is 11.3. The fourth-order valence-corrected chi connectivity index (χ4v) is 2.44. The third kappa shape index (κ3) is 3.26. The van der Waals surface area contributed by atoms with Crippen LogP contribution >= 0.6 is 0 Å². The highest BCUT2D eigenvalue weighted by molar-refractivity contribution is 6.01. The molecule has 5 nitrogen and oxygen atoms in total. The average molecular weight is 240 g/mol. The van der Waals surface area contributed by atoms with E-state index in [0.717, 1.165) is 25.7 Å². The largest absolute Gasteiger partial charge is 0.376 e. The maximum Gasteiger partial charge on any atom is 0.229 e. The SMILES string of the molecule is NC1CCC(OCCN2C(=O)CCC2=O)CC1. The topological polar surface area (TPSA) is 72.6 Å². The van der Waals surface area contributed by atoms with Crippen molar-refractivity contribution in [3.8, 4) is 0 Å². The first kappa shape index (κ1) is 12.5. The second kappa shape index (κ2) is 5.60. The van der Waals surface area contributed by atoms with Crippen LogP contribution in [0.5, 0.6) is 0 Å². The molecule has 0 radical (unpaired) electrons. The zero-order chi connectivity index (χ0) is 12.3. The lowest BCUT2D eigenvalue weighted by Crippen LogP contribution is -2.35. The summed E-state index contributed by atoms with van der Waals surface area (Å²) in [7, 11) is 0. The van der Waals surface area contributed by atoms with Crippen LogP contribution in [0.4, 0.5) is 0 Å². The molecule has 0 atom stereocenters. The minimum Gasteiger partial charge on any atom is -0.376 e. The van der Waals surface area contributed by atoms with Crippen LogP contribution in [0.1, 0.15) is 38.5 Å². The van der Waals surface area contributed by atoms with Crippen molar-refractivity contribution in [1.82, 2.24) is 4.90 Å². The molecule has 1 saturated heterocycles. The van der Waals surface area contributed by atoms with E-state index in [-0.39, 0.29) is 17.9 Å². The highest BCUT2D eigenvalue weighted by Gasteiger charge is 2.28. The number of likely N-dealkylation sites (tertiary alicyclic amines) is 1. The number of nitrogens with zero attached hydrogens (tertiary/aromatic N) is 1. The number of carbonyl (C=O) groups is 2. The van der Waals surface area contributed by atoms with E-state index in [2.05, 4.69) is 0 Å². The van der Waals surface area contributed by atoms with Crippen LogP contribution in [0.25, 0.3) is 0 Å². The monoisotopic (exact) mass is 240 g/mol. The quantitative estimate of drug-likeness (QED) is 0.723. The smallest absolute Gasteiger partial charge is 0.229 e. The van der Waals surface area contributed by atoms with E-state index in [1.54, 1.807) is 0 Å². The van der Waals surface area contributed by atoms with Crippen molar-refractivity contribution in [2.45, 2.75) is 50.7 Å². The zero-order valence-electron chi connectivity index (χ0n) is 10.1. The maximum atomic E-state index is 11.3. The highest BCUT2D eigenvalue weighted by atomic mass is 16.5. The Morgan fingerprint density at radius 2 is 1.71 bits per heavy atom. The predicted octanol–water partition coefficient (Wildman–Crippen LogP) is 0.422. The van der Waals surface area contributed by atoms with Gasteiger partial charge >= 0.3 is 0 Å². The number of ether oxygens (including phenoxy) is 1. The Kier molecular flexibility index (Phi) is 4.12. The summed E-state index contributed by atoms with van der Waals surface area (Å²) in [5, 5.41) is 0. The molecule has 1 aliphatic carbocycles. The molecule has 2 aliphatic rings. The van der Waals surface area contributed by atoms with Crippen molar-refractivity contribution in [1.29, 1.82) is 0 Å². The second-order valence-electron chi connectivity index (χ2n) is 4.85. The zero-order valence-corrected chi connectivity index (χ0v) is 10.1. The number of amides is 2. The van der Waals surface area contributed by atoms with E-state index in [1.807, 2.05) is 0 Å². The number of rotatable bonds is 4. The molecule has 1 aliphatic heterocycles. The van der Waals surface area contributed by atoms with Gasteiger partial charge in [-0.05, 0) is 25.7 Å². The summed E-state index contributed by atoms with van der Waals surface area (Å²) >= 11 is 0. The predicted molar refractivity (Wildman–Crippen MR) is 62.1 cm³/mol. The normalized spacial score (nSPS) is 30.1. The molecule has 0 aromatic heterocycles. The average Bonchev–Trinajstić information content (AvgIpc) is 2.63. The molecule has 2 rings (SSSR count). The molecule has 1 heterocycles. The van der Waals surface area contributed by atoms with Gasteiger partial charge in [0, 0.05) is 18.9 Å². The summed E-state index contributed by atoms with van der Waals surface area (Å²) in [6.45, 7) is 0.859. The van der Waals surface area contributed by atoms with Gasteiger partial charge in [0.25, 0.3) is 0 Å². The molecule has 96 valence electrons. The Morgan fingerprint density at radius 3 is 2.29 bits per heavy atom. The van der Waals surface area contributed by atoms with Gasteiger partial charge in [-0.15, -0.1) is 0 Å². The number of imide groups is 1. The molecule has 0 unspecified atom stereocenters. The van der Waals surface area contributed by atoms with Gasteiger partial charge in [-0.25, -0.2) is 0 Å². The van der Waals surface area contributed by atoms with Crippen molar-refractivity contribution < 1.29 is 14.3 Å². The molecule has 5 heteroatoms. The molecule has 2 fully saturated rings. The Labute approximate surface area is 101 Å². The van der Waals surface area contributed by atoms with Crippen LogP contribution < -0.4 is 5.73 Å². The lowest BCUT2D eigenvalue weighted by molar-refractivity contribution is -0.139. The molecule has 2 N–H and O–H groups in total. The summed E-state index contributed by atoms with van der Waals surface area (Å²) in [4.78, 5) is 24.0. The first-order valence-electron chi connectivity index (χ1n) is 6.37. The molecule has 2 amide bonds. The van der Waals surface area contributed by atoms with Gasteiger partial charge in [0.2, 0.25) is 11.8 Å². The number of hydrogen-bond donors (Lipinski definition) is 1. The van der Waals surface area contributed by atoms with E-state index >= 15 is 0 Å². The van der Waals surface area contributed by atoms with Gasteiger partial charge in [0.05, 0.1) is 19.3 Å². The fraction of sp³-hybridized carbons (Fsp3) is 0.833. The summed E-state index contributed by atoms with van der Waals surface area (Å²) in [5.74, 6) is -0.131. The second-order valence-corrected chi connectivity index (χ2v) is 4.85. The number of carbonyl (C=O) groups excluding carboxylic acids is 2. The van der Waals surface area contributed by atoms with E-state index in [9.17, 15) is 9.59 Å². The Bertz CT molecular complexity index is 282. The van der Waals surface area contributed by atoms with Crippen LogP contribution in [0, 0.1) is 0 Å². The summed E-state index contributed by atoms with van der Waals surface area (Å²) in [5.41, 5.74) is 5.81. The minimum atomic E-state index is -0.0655. The highest BCUT2D eigenvalue weighted by Crippen LogP contribution is 2.20. The Hall–Kier alpha value is -0.940. The molecule has 0 aromatic carbocycles. The first-order valence-corrected chi connectivity index (χ1v) is 6.37. The van der Waals surface area contributed by atoms with Gasteiger partial charge in [-0.3, -0.25) is 14.5 Å². The van der Waals surface area contributed by atoms with Gasteiger partial charge < -0.3 is 10.5 Å². The van der Waals surface area contributed by atoms with Gasteiger partial charge in [0.1, 0.15) is 0 Å². The summed E-state index contributed by atoms with van der Waals surface area (Å²) in [6, 6.07) is 0.316. The lowest BCUT2D eigenvalue weighted by Gasteiger charge is -2.26. The van der Waals surface area contributed by atoms with E-state index in [4.69, 9.17) is 10.5 Å². The van der Waals surface area contributed by atoms with E-state index in [1.165, 1.54) is 4.90 Å². The number of nitrogens with two attached hydrogens (primary N) is 1. The van der Waals surface area contributed by atoms with Crippen molar-refractivity contribution in [3.05, 3.63) is 0 Å². The third-order valence-electron chi connectivity index (χ3n) is 3.54. The van der Waals surface area contributed by atoms with Crippen molar-refractivity contribution >= 4 is 11.8 Å². The molecule has 0 spiro atoms. The summed E-state index contributed by atoms with van der Waals surface area (Å²) in [6.07, 6.45) is 4.96.